The fourth-order valence-corrected chi connectivity index (χ4v) is 4.33. The third-order valence-corrected chi connectivity index (χ3v) is 5.77. The van der Waals surface area contributed by atoms with Gasteiger partial charge in [0, 0.05) is 30.3 Å². The Morgan fingerprint density at radius 3 is 2.96 bits per heavy atom. The van der Waals surface area contributed by atoms with Crippen LogP contribution < -0.4 is 15.0 Å². The summed E-state index contributed by atoms with van der Waals surface area (Å²) in [6.07, 6.45) is 2.37. The number of aromatic nitrogens is 1. The molecule has 0 spiro atoms. The van der Waals surface area contributed by atoms with E-state index in [1.807, 2.05) is 23.9 Å². The van der Waals surface area contributed by atoms with Crippen LogP contribution in [-0.2, 0) is 0 Å². The van der Waals surface area contributed by atoms with Crippen molar-refractivity contribution in [3.8, 4) is 11.5 Å². The van der Waals surface area contributed by atoms with Crippen molar-refractivity contribution in [3.63, 3.8) is 0 Å². The number of hydrogen-bond donors (Lipinski definition) is 1. The Labute approximate surface area is 149 Å². The normalized spacial score (nSPS) is 19.5. The van der Waals surface area contributed by atoms with Crippen molar-refractivity contribution in [1.29, 1.82) is 0 Å². The van der Waals surface area contributed by atoms with Crippen LogP contribution in [0.2, 0.25) is 0 Å². The van der Waals surface area contributed by atoms with Crippen LogP contribution in [0.1, 0.15) is 27.6 Å². The highest BCUT2D eigenvalue weighted by atomic mass is 32.2. The van der Waals surface area contributed by atoms with E-state index in [0.29, 0.717) is 18.3 Å². The van der Waals surface area contributed by atoms with E-state index in [4.69, 9.17) is 9.47 Å². The molecule has 2 aliphatic heterocycles. The van der Waals surface area contributed by atoms with Crippen LogP contribution in [0, 0.1) is 0 Å². The van der Waals surface area contributed by atoms with Gasteiger partial charge in [-0.25, -0.2) is 0 Å². The number of hydrogen-bond acceptors (Lipinski definition) is 5. The van der Waals surface area contributed by atoms with Gasteiger partial charge in [0.15, 0.2) is 11.5 Å². The Hall–Kier alpha value is -2.41. The molecule has 2 aromatic rings. The predicted molar refractivity (Wildman–Crippen MR) is 95.3 cm³/mol. The van der Waals surface area contributed by atoms with Gasteiger partial charge < -0.3 is 19.4 Å². The third kappa shape index (κ3) is 3.24. The second kappa shape index (κ2) is 6.84. The van der Waals surface area contributed by atoms with Crippen molar-refractivity contribution < 1.29 is 14.3 Å². The summed E-state index contributed by atoms with van der Waals surface area (Å²) in [5.41, 5.74) is 1.05. The predicted octanol–water partition coefficient (Wildman–Crippen LogP) is 2.42. The molecular formula is C18H18N2O4S. The maximum Gasteiger partial charge on any atom is 0.260 e. The number of carbonyl (C=O) groups excluding carboxylic acids is 1. The van der Waals surface area contributed by atoms with Gasteiger partial charge in [-0.1, -0.05) is 6.07 Å². The molecule has 3 heterocycles. The van der Waals surface area contributed by atoms with Gasteiger partial charge in [-0.2, -0.15) is 11.8 Å². The first kappa shape index (κ1) is 16.1. The monoisotopic (exact) mass is 358 g/mol. The van der Waals surface area contributed by atoms with Gasteiger partial charge >= 0.3 is 0 Å². The quantitative estimate of drug-likeness (QED) is 0.893. The van der Waals surface area contributed by atoms with Crippen molar-refractivity contribution in [3.05, 3.63) is 58.0 Å². The average Bonchev–Trinajstić information content (AvgIpc) is 2.96. The third-order valence-electron chi connectivity index (χ3n) is 4.45. The van der Waals surface area contributed by atoms with Gasteiger partial charge in [0.05, 0.1) is 0 Å². The average molecular weight is 358 g/mol. The summed E-state index contributed by atoms with van der Waals surface area (Å²) in [5, 5.41) is 0.293. The number of nitrogens with zero attached hydrogens (tertiary/aromatic N) is 1. The van der Waals surface area contributed by atoms with Gasteiger partial charge in [-0.15, -0.1) is 0 Å². The SMILES string of the molecule is O=C(c1ccc[nH]c1=O)N1CCSC(c2ccc3c(c2)OCO3)CC1. The minimum absolute atomic E-state index is 0.200. The summed E-state index contributed by atoms with van der Waals surface area (Å²) >= 11 is 1.83. The first-order valence-electron chi connectivity index (χ1n) is 8.20. The van der Waals surface area contributed by atoms with Crippen LogP contribution in [0.3, 0.4) is 0 Å². The van der Waals surface area contributed by atoms with E-state index in [-0.39, 0.29) is 23.8 Å². The Morgan fingerprint density at radius 1 is 1.20 bits per heavy atom. The van der Waals surface area contributed by atoms with Crippen molar-refractivity contribution >= 4 is 17.7 Å². The molecule has 1 aromatic heterocycles. The summed E-state index contributed by atoms with van der Waals surface area (Å²) < 4.78 is 10.8. The minimum atomic E-state index is -0.336. The number of carbonyl (C=O) groups is 1. The number of thioether (sulfide) groups is 1. The molecule has 4 rings (SSSR count). The number of amides is 1. The largest absolute Gasteiger partial charge is 0.454 e. The van der Waals surface area contributed by atoms with E-state index in [1.165, 1.54) is 11.8 Å². The molecule has 6 nitrogen and oxygen atoms in total. The fraction of sp³-hybridized carbons (Fsp3) is 0.333. The van der Waals surface area contributed by atoms with Crippen LogP contribution >= 0.6 is 11.8 Å². The molecule has 1 unspecified atom stereocenters. The first-order valence-corrected chi connectivity index (χ1v) is 9.25. The molecule has 7 heteroatoms. The van der Waals surface area contributed by atoms with Crippen LogP contribution in [0.25, 0.3) is 0 Å². The molecule has 1 atom stereocenters. The van der Waals surface area contributed by atoms with E-state index < -0.39 is 0 Å². The van der Waals surface area contributed by atoms with Crippen LogP contribution in [-0.4, -0.2) is 41.4 Å². The topological polar surface area (TPSA) is 71.6 Å². The number of aromatic amines is 1. The summed E-state index contributed by atoms with van der Waals surface area (Å²) in [5.74, 6) is 2.19. The zero-order chi connectivity index (χ0) is 17.2. The number of fused-ring (bicyclic) bond motifs is 1. The second-order valence-corrected chi connectivity index (χ2v) is 7.28. The van der Waals surface area contributed by atoms with Gasteiger partial charge in [-0.3, -0.25) is 9.59 Å². The van der Waals surface area contributed by atoms with Crippen molar-refractivity contribution in [2.75, 3.05) is 25.6 Å². The van der Waals surface area contributed by atoms with Crippen LogP contribution in [0.5, 0.6) is 11.5 Å². The highest BCUT2D eigenvalue weighted by Crippen LogP contribution is 2.40. The first-order chi connectivity index (χ1) is 12.2. The molecule has 1 saturated heterocycles. The van der Waals surface area contributed by atoms with E-state index in [2.05, 4.69) is 11.1 Å². The highest BCUT2D eigenvalue weighted by Gasteiger charge is 2.25. The zero-order valence-corrected chi connectivity index (χ0v) is 14.4. The minimum Gasteiger partial charge on any atom is -0.454 e. The zero-order valence-electron chi connectivity index (χ0n) is 13.6. The molecule has 2 aliphatic rings. The summed E-state index contributed by atoms with van der Waals surface area (Å²) in [4.78, 5) is 28.8. The number of nitrogens with one attached hydrogen (secondary N) is 1. The lowest BCUT2D eigenvalue weighted by Gasteiger charge is -2.20. The second-order valence-electron chi connectivity index (χ2n) is 5.97. The van der Waals surface area contributed by atoms with Gasteiger partial charge in [-0.05, 0) is 36.2 Å². The molecule has 0 bridgehead atoms. The Bertz CT molecular complexity index is 851. The van der Waals surface area contributed by atoms with E-state index in [0.717, 1.165) is 23.7 Å². The standard InChI is InChI=1S/C18H18N2O4S/c21-17-13(2-1-6-19-17)18(22)20-7-5-16(25-9-8-20)12-3-4-14-15(10-12)24-11-23-14/h1-4,6,10,16H,5,7-9,11H2,(H,19,21). The number of ether oxygens (including phenoxy) is 2. The molecule has 0 radical (unpaired) electrons. The Balaban J connectivity index is 1.48. The highest BCUT2D eigenvalue weighted by molar-refractivity contribution is 7.99. The number of H-pyrrole nitrogens is 1. The lowest BCUT2D eigenvalue weighted by molar-refractivity contribution is 0.0764. The smallest absolute Gasteiger partial charge is 0.260 e. The molecule has 1 fully saturated rings. The summed E-state index contributed by atoms with van der Waals surface area (Å²) in [7, 11) is 0. The molecule has 130 valence electrons. The molecule has 1 amide bonds. The number of benzene rings is 1. The van der Waals surface area contributed by atoms with E-state index >= 15 is 0 Å². The Kier molecular flexibility index (Phi) is 4.40. The molecule has 1 N–H and O–H groups in total. The molecule has 0 aliphatic carbocycles. The fourth-order valence-electron chi connectivity index (χ4n) is 3.11. The van der Waals surface area contributed by atoms with Gasteiger partial charge in [0.2, 0.25) is 6.79 Å². The van der Waals surface area contributed by atoms with Crippen LogP contribution in [0.4, 0.5) is 0 Å². The summed E-state index contributed by atoms with van der Waals surface area (Å²) in [6, 6.07) is 9.28. The molecule has 1 aromatic carbocycles. The van der Waals surface area contributed by atoms with E-state index in [1.54, 1.807) is 17.0 Å². The van der Waals surface area contributed by atoms with Crippen molar-refractivity contribution in [1.82, 2.24) is 9.88 Å². The summed E-state index contributed by atoms with van der Waals surface area (Å²) in [6.45, 7) is 1.53. The molecule has 0 saturated carbocycles. The van der Waals surface area contributed by atoms with Crippen molar-refractivity contribution in [2.45, 2.75) is 11.7 Å². The van der Waals surface area contributed by atoms with E-state index in [9.17, 15) is 9.59 Å². The molecular weight excluding hydrogens is 340 g/mol. The number of pyridine rings is 1. The van der Waals surface area contributed by atoms with Gasteiger partial charge in [0.1, 0.15) is 5.56 Å². The lowest BCUT2D eigenvalue weighted by Crippen LogP contribution is -2.36. The molecule has 25 heavy (non-hydrogen) atoms. The maximum atomic E-state index is 12.6. The number of rotatable bonds is 2. The van der Waals surface area contributed by atoms with Crippen LogP contribution in [0.15, 0.2) is 41.3 Å². The maximum absolute atomic E-state index is 12.6. The van der Waals surface area contributed by atoms with Crippen molar-refractivity contribution in [2.24, 2.45) is 0 Å². The Morgan fingerprint density at radius 2 is 2.08 bits per heavy atom. The van der Waals surface area contributed by atoms with Gasteiger partial charge in [0.25, 0.3) is 11.5 Å². The lowest BCUT2D eigenvalue weighted by atomic mass is 10.1.